The highest BCUT2D eigenvalue weighted by Gasteiger charge is 2.29. The summed E-state index contributed by atoms with van der Waals surface area (Å²) < 4.78 is 28.3. The first-order chi connectivity index (χ1) is 21.9. The van der Waals surface area contributed by atoms with Crippen molar-refractivity contribution in [3.63, 3.8) is 0 Å². The second-order valence-electron chi connectivity index (χ2n) is 11.0. The molecule has 0 spiro atoms. The van der Waals surface area contributed by atoms with Crippen molar-refractivity contribution in [2.75, 3.05) is 33.4 Å². The molecular formula is C34H30ClFN4O3S2. The average Bonchev–Trinajstić information content (AvgIpc) is 3.71. The van der Waals surface area contributed by atoms with Crippen molar-refractivity contribution < 1.29 is 18.7 Å². The van der Waals surface area contributed by atoms with Crippen molar-refractivity contribution in [3.05, 3.63) is 87.0 Å². The molecule has 2 aromatic carbocycles. The van der Waals surface area contributed by atoms with E-state index in [1.807, 2.05) is 11.4 Å². The Morgan fingerprint density at radius 2 is 2.02 bits per heavy atom. The van der Waals surface area contributed by atoms with E-state index in [0.29, 0.717) is 48.1 Å². The summed E-state index contributed by atoms with van der Waals surface area (Å²) in [6, 6.07) is 11.5. The molecule has 1 amide bonds. The van der Waals surface area contributed by atoms with Crippen molar-refractivity contribution in [1.29, 1.82) is 0 Å². The summed E-state index contributed by atoms with van der Waals surface area (Å²) in [5, 5.41) is 7.27. The summed E-state index contributed by atoms with van der Waals surface area (Å²) in [6.45, 7) is 6.98. The first kappa shape index (κ1) is 30.0. The van der Waals surface area contributed by atoms with Gasteiger partial charge in [0.2, 0.25) is 5.91 Å². The number of amides is 1. The third kappa shape index (κ3) is 5.66. The number of benzene rings is 2. The van der Waals surface area contributed by atoms with Crippen LogP contribution in [0.3, 0.4) is 0 Å². The molecule has 45 heavy (non-hydrogen) atoms. The fourth-order valence-corrected chi connectivity index (χ4v) is 8.27. The van der Waals surface area contributed by atoms with Gasteiger partial charge < -0.3 is 19.7 Å². The summed E-state index contributed by atoms with van der Waals surface area (Å²) in [4.78, 5) is 25.5. The highest BCUT2D eigenvalue weighted by Crippen LogP contribution is 2.48. The smallest absolute Gasteiger partial charge is 0.246 e. The number of nitrogens with one attached hydrogen (secondary N) is 1. The molecule has 1 N–H and O–H groups in total. The lowest BCUT2D eigenvalue weighted by molar-refractivity contribution is -0.126. The molecule has 11 heteroatoms. The number of aromatic nitrogens is 2. The minimum atomic E-state index is -0.509. The second kappa shape index (κ2) is 12.6. The number of halogens is 2. The monoisotopic (exact) mass is 660 g/mol. The van der Waals surface area contributed by atoms with E-state index in [0.717, 1.165) is 51.4 Å². The number of thiazole rings is 1. The molecule has 5 heterocycles. The topological polar surface area (TPSA) is 76.6 Å². The van der Waals surface area contributed by atoms with Gasteiger partial charge in [-0.15, -0.1) is 22.7 Å². The van der Waals surface area contributed by atoms with E-state index in [2.05, 4.69) is 30.1 Å². The molecule has 0 radical (unpaired) electrons. The van der Waals surface area contributed by atoms with Crippen LogP contribution in [0, 0.1) is 5.82 Å². The average molecular weight is 661 g/mol. The molecule has 2 aliphatic heterocycles. The van der Waals surface area contributed by atoms with Gasteiger partial charge in [0.15, 0.2) is 0 Å². The Labute approximate surface area is 273 Å². The molecule has 2 aliphatic rings. The summed E-state index contributed by atoms with van der Waals surface area (Å²) in [5.74, 6) is -0.306. The first-order valence-corrected chi connectivity index (χ1v) is 16.8. The number of thiophene rings is 1. The summed E-state index contributed by atoms with van der Waals surface area (Å²) >= 11 is 9.36. The van der Waals surface area contributed by atoms with E-state index in [4.69, 9.17) is 31.0 Å². The molecule has 0 bridgehead atoms. The van der Waals surface area contributed by atoms with Crippen molar-refractivity contribution >= 4 is 50.3 Å². The van der Waals surface area contributed by atoms with Crippen molar-refractivity contribution in [1.82, 2.24) is 20.2 Å². The zero-order chi connectivity index (χ0) is 31.1. The normalized spacial score (nSPS) is 14.3. The lowest BCUT2D eigenvalue weighted by Gasteiger charge is -2.24. The van der Waals surface area contributed by atoms with E-state index in [1.54, 1.807) is 18.1 Å². The van der Waals surface area contributed by atoms with Crippen LogP contribution in [0.2, 0.25) is 5.02 Å². The third-order valence-electron chi connectivity index (χ3n) is 8.21. The van der Waals surface area contributed by atoms with Crippen LogP contribution in [0.1, 0.15) is 21.7 Å². The molecule has 230 valence electrons. The Balaban J connectivity index is 1.47. The van der Waals surface area contributed by atoms with Gasteiger partial charge in [0, 0.05) is 57.7 Å². The van der Waals surface area contributed by atoms with Crippen LogP contribution in [0.15, 0.2) is 54.4 Å². The predicted molar refractivity (Wildman–Crippen MR) is 179 cm³/mol. The first-order valence-electron chi connectivity index (χ1n) is 14.7. The highest BCUT2D eigenvalue weighted by molar-refractivity contribution is 7.18. The van der Waals surface area contributed by atoms with Crippen LogP contribution in [0.5, 0.6) is 5.75 Å². The Kier molecular flexibility index (Phi) is 8.41. The SMILES string of the molecule is C=CC(=O)N1CCc2nc(-c3nc(-c4ccc5c(c4)CCNC5)c4ccsc4c3-c3c(F)cc(Cl)cc3OCCOC)sc2C1. The van der Waals surface area contributed by atoms with Gasteiger partial charge in [-0.25, -0.2) is 14.4 Å². The van der Waals surface area contributed by atoms with Crippen LogP contribution >= 0.6 is 34.3 Å². The largest absolute Gasteiger partial charge is 0.490 e. The van der Waals surface area contributed by atoms with E-state index in [1.165, 1.54) is 45.9 Å². The maximum Gasteiger partial charge on any atom is 0.246 e. The van der Waals surface area contributed by atoms with Crippen LogP contribution in [0.25, 0.3) is 43.2 Å². The minimum Gasteiger partial charge on any atom is -0.490 e. The van der Waals surface area contributed by atoms with Crippen LogP contribution in [-0.2, 0) is 35.5 Å². The molecule has 0 fully saturated rings. The number of ether oxygens (including phenoxy) is 2. The number of rotatable bonds is 8. The quantitative estimate of drug-likeness (QED) is 0.139. The summed E-state index contributed by atoms with van der Waals surface area (Å²) in [5.41, 5.74) is 6.80. The van der Waals surface area contributed by atoms with Gasteiger partial charge in [0.05, 0.1) is 30.1 Å². The van der Waals surface area contributed by atoms with Gasteiger partial charge in [-0.1, -0.05) is 30.3 Å². The lowest BCUT2D eigenvalue weighted by atomic mass is 9.94. The molecule has 5 aromatic rings. The molecule has 3 aromatic heterocycles. The number of carbonyl (C=O) groups excluding carboxylic acids is 1. The fourth-order valence-electron chi connectivity index (χ4n) is 6.01. The zero-order valence-corrected chi connectivity index (χ0v) is 27.0. The van der Waals surface area contributed by atoms with Gasteiger partial charge in [0.1, 0.15) is 28.9 Å². The van der Waals surface area contributed by atoms with Crippen molar-refractivity contribution in [2.45, 2.75) is 25.9 Å². The highest BCUT2D eigenvalue weighted by atomic mass is 35.5. The van der Waals surface area contributed by atoms with Crippen LogP contribution < -0.4 is 10.1 Å². The Hall–Kier alpha value is -3.67. The summed E-state index contributed by atoms with van der Waals surface area (Å²) in [7, 11) is 1.59. The van der Waals surface area contributed by atoms with Gasteiger partial charge in [-0.05, 0) is 59.8 Å². The molecule has 7 nitrogen and oxygen atoms in total. The van der Waals surface area contributed by atoms with Crippen molar-refractivity contribution in [3.8, 4) is 38.8 Å². The number of nitrogens with zero attached hydrogens (tertiary/aromatic N) is 3. The number of methoxy groups -OCH3 is 1. The number of pyridine rings is 1. The predicted octanol–water partition coefficient (Wildman–Crippen LogP) is 7.29. The number of hydrogen-bond donors (Lipinski definition) is 1. The maximum atomic E-state index is 16.2. The zero-order valence-electron chi connectivity index (χ0n) is 24.6. The van der Waals surface area contributed by atoms with Gasteiger partial charge in [-0.2, -0.15) is 0 Å². The molecule has 7 rings (SSSR count). The van der Waals surface area contributed by atoms with Crippen molar-refractivity contribution in [2.24, 2.45) is 0 Å². The van der Waals surface area contributed by atoms with Crippen LogP contribution in [0.4, 0.5) is 4.39 Å². The van der Waals surface area contributed by atoms with E-state index < -0.39 is 5.82 Å². The van der Waals surface area contributed by atoms with E-state index in [9.17, 15) is 4.79 Å². The lowest BCUT2D eigenvalue weighted by Crippen LogP contribution is -2.34. The molecule has 0 unspecified atom stereocenters. The molecule has 0 saturated heterocycles. The van der Waals surface area contributed by atoms with E-state index >= 15 is 4.39 Å². The van der Waals surface area contributed by atoms with Gasteiger partial charge in [-0.3, -0.25) is 4.79 Å². The second-order valence-corrected chi connectivity index (χ2v) is 13.4. The van der Waals surface area contributed by atoms with Gasteiger partial charge >= 0.3 is 0 Å². The summed E-state index contributed by atoms with van der Waals surface area (Å²) in [6.07, 6.45) is 2.90. The molecule has 0 atom stereocenters. The standard InChI is InChI=1S/C34H30ClFN4O3S2/c1-3-28(41)40-10-7-25-27(18-40)45-34(38-25)32-30(29-24(36)15-22(35)16-26(29)43-12-11-42-2)33-23(8-13-44-33)31(39-32)20-4-5-21-17-37-9-6-19(21)14-20/h3-5,8,13-16,37H,1,6-7,9-12,17-18H2,2H3. The maximum absolute atomic E-state index is 16.2. The fraction of sp³-hybridized carbons (Fsp3) is 0.265. The van der Waals surface area contributed by atoms with Gasteiger partial charge in [0.25, 0.3) is 0 Å². The Bertz CT molecular complexity index is 1960. The van der Waals surface area contributed by atoms with E-state index in [-0.39, 0.29) is 23.1 Å². The van der Waals surface area contributed by atoms with Crippen LogP contribution in [-0.4, -0.2) is 54.2 Å². The molecule has 0 aliphatic carbocycles. The Morgan fingerprint density at radius 3 is 2.87 bits per heavy atom. The number of hydrogen-bond acceptors (Lipinski definition) is 8. The third-order valence-corrected chi connectivity index (χ3v) is 10.4. The Morgan fingerprint density at radius 1 is 1.13 bits per heavy atom. The molecular weight excluding hydrogens is 631 g/mol. The number of fused-ring (bicyclic) bond motifs is 3. The number of carbonyl (C=O) groups is 1. The molecule has 0 saturated carbocycles. The minimum absolute atomic E-state index is 0.111.